The van der Waals surface area contributed by atoms with Crippen LogP contribution in [0.2, 0.25) is 0 Å². The third-order valence-corrected chi connectivity index (χ3v) is 2.19. The second-order valence-electron chi connectivity index (χ2n) is 2.03. The molecule has 0 aliphatic rings. The van der Waals surface area contributed by atoms with Crippen molar-refractivity contribution in [3.05, 3.63) is 12.3 Å². The van der Waals surface area contributed by atoms with Gasteiger partial charge in [-0.15, -0.1) is 0 Å². The number of hydrogen-bond acceptors (Lipinski definition) is 3. The van der Waals surface area contributed by atoms with Crippen molar-refractivity contribution in [3.8, 4) is 0 Å². The Morgan fingerprint density at radius 3 is 1.86 bits per heavy atom. The minimum Gasteiger partial charge on any atom is -0.386 e. The van der Waals surface area contributed by atoms with Gasteiger partial charge in [-0.1, -0.05) is 6.08 Å². The quantitative estimate of drug-likeness (QED) is 0.430. The molecule has 0 atom stereocenters. The van der Waals surface area contributed by atoms with Gasteiger partial charge in [0.05, 0.1) is 0 Å². The van der Waals surface area contributed by atoms with Gasteiger partial charge >= 0.3 is 21.5 Å². The molecule has 0 bridgehead atoms. The number of allylic oxidation sites excluding steroid dienone is 1. The minimum absolute atomic E-state index is 0.217. The Hall–Kier alpha value is -0.860. The number of hydrogen-bond donors (Lipinski definition) is 0. The van der Waals surface area contributed by atoms with Gasteiger partial charge in [-0.3, -0.25) is 0 Å². The predicted octanol–water partition coefficient (Wildman–Crippen LogP) is 2.02. The molecule has 0 aliphatic carbocycles. The van der Waals surface area contributed by atoms with Crippen LogP contribution < -0.4 is 0 Å². The molecule has 0 heterocycles. The predicted molar refractivity (Wildman–Crippen MR) is 35.8 cm³/mol. The molecule has 14 heavy (non-hydrogen) atoms. The molecule has 3 nitrogen and oxygen atoms in total. The fourth-order valence-corrected chi connectivity index (χ4v) is 0.993. The van der Waals surface area contributed by atoms with Crippen molar-refractivity contribution >= 4 is 10.1 Å². The summed E-state index contributed by atoms with van der Waals surface area (Å²) in [6.45, 7) is 1.18. The highest BCUT2D eigenvalue weighted by Gasteiger charge is 2.69. The van der Waals surface area contributed by atoms with Crippen molar-refractivity contribution < 1.29 is 34.6 Å². The van der Waals surface area contributed by atoms with Crippen molar-refractivity contribution in [2.45, 2.75) is 18.4 Å². The van der Waals surface area contributed by atoms with E-state index in [0.29, 0.717) is 0 Å². The summed E-state index contributed by atoms with van der Waals surface area (Å²) >= 11 is 0. The Labute approximate surface area is 76.3 Å². The number of alkyl halides is 5. The van der Waals surface area contributed by atoms with Crippen LogP contribution >= 0.6 is 0 Å². The van der Waals surface area contributed by atoms with E-state index in [4.69, 9.17) is 0 Å². The maximum Gasteiger partial charge on any atom is 0.475 e. The van der Waals surface area contributed by atoms with Crippen LogP contribution in [0.5, 0.6) is 0 Å². The van der Waals surface area contributed by atoms with Crippen LogP contribution in [0.1, 0.15) is 6.92 Å². The van der Waals surface area contributed by atoms with E-state index in [-0.39, 0.29) is 6.26 Å². The second kappa shape index (κ2) is 3.71. The zero-order chi connectivity index (χ0) is 11.6. The molecular weight excluding hydrogens is 235 g/mol. The average molecular weight is 240 g/mol. The summed E-state index contributed by atoms with van der Waals surface area (Å²) < 4.78 is 82.8. The highest BCUT2D eigenvalue weighted by Crippen LogP contribution is 2.40. The van der Waals surface area contributed by atoms with Gasteiger partial charge in [0.15, 0.2) is 0 Å². The smallest absolute Gasteiger partial charge is 0.386 e. The summed E-state index contributed by atoms with van der Waals surface area (Å²) in [5.41, 5.74) is 0. The van der Waals surface area contributed by atoms with Crippen molar-refractivity contribution in [2.24, 2.45) is 0 Å². The van der Waals surface area contributed by atoms with Gasteiger partial charge < -0.3 is 4.18 Å². The van der Waals surface area contributed by atoms with Crippen LogP contribution in [0.15, 0.2) is 12.3 Å². The lowest BCUT2D eigenvalue weighted by Crippen LogP contribution is -2.44. The maximum atomic E-state index is 12.2. The van der Waals surface area contributed by atoms with Crippen molar-refractivity contribution in [1.82, 2.24) is 0 Å². The third kappa shape index (κ3) is 2.34. The number of halogens is 5. The third-order valence-electron chi connectivity index (χ3n) is 0.962. The summed E-state index contributed by atoms with van der Waals surface area (Å²) in [6.07, 6.45) is -5.13. The lowest BCUT2D eigenvalue weighted by molar-refractivity contribution is -0.243. The molecule has 0 aliphatic heterocycles. The van der Waals surface area contributed by atoms with Gasteiger partial charge in [0.1, 0.15) is 6.26 Å². The topological polar surface area (TPSA) is 43.4 Å². The van der Waals surface area contributed by atoms with E-state index in [1.165, 1.54) is 6.92 Å². The molecule has 0 spiro atoms. The van der Waals surface area contributed by atoms with Crippen LogP contribution in [0.3, 0.4) is 0 Å². The standard InChI is InChI=1S/C5H5F5O3S/c1-2-3-13-14(11,12)5(9,10)4(6,7)8/h2-3H,1H3. The van der Waals surface area contributed by atoms with Gasteiger partial charge in [-0.05, 0) is 6.92 Å². The first-order valence-electron chi connectivity index (χ1n) is 3.05. The lowest BCUT2D eigenvalue weighted by Gasteiger charge is -2.17. The van der Waals surface area contributed by atoms with Crippen molar-refractivity contribution in [3.63, 3.8) is 0 Å². The molecule has 0 aromatic heterocycles. The normalized spacial score (nSPS) is 14.7. The van der Waals surface area contributed by atoms with Gasteiger partial charge in [-0.2, -0.15) is 30.4 Å². The zero-order valence-electron chi connectivity index (χ0n) is 6.68. The molecule has 0 rings (SSSR count). The highest BCUT2D eigenvalue weighted by molar-refractivity contribution is 7.87. The largest absolute Gasteiger partial charge is 0.475 e. The fraction of sp³-hybridized carbons (Fsp3) is 0.600. The van der Waals surface area contributed by atoms with E-state index in [2.05, 4.69) is 4.18 Å². The highest BCUT2D eigenvalue weighted by atomic mass is 32.2. The van der Waals surface area contributed by atoms with Crippen LogP contribution in [0.25, 0.3) is 0 Å². The van der Waals surface area contributed by atoms with E-state index in [9.17, 15) is 30.4 Å². The van der Waals surface area contributed by atoms with Crippen molar-refractivity contribution in [1.29, 1.82) is 0 Å². The van der Waals surface area contributed by atoms with Crippen LogP contribution in [-0.4, -0.2) is 19.8 Å². The fourth-order valence-electron chi connectivity index (χ4n) is 0.331. The van der Waals surface area contributed by atoms with E-state index in [1.54, 1.807) is 0 Å². The first-order valence-corrected chi connectivity index (χ1v) is 4.45. The molecule has 84 valence electrons. The molecule has 0 saturated heterocycles. The Balaban J connectivity index is 5.10. The SMILES string of the molecule is CC=COS(=O)(=O)C(F)(F)C(F)(F)F. The molecule has 0 aromatic rings. The molecule has 0 unspecified atom stereocenters. The monoisotopic (exact) mass is 240 g/mol. The summed E-state index contributed by atoms with van der Waals surface area (Å²) in [6, 6.07) is 0. The van der Waals surface area contributed by atoms with E-state index < -0.39 is 21.5 Å². The van der Waals surface area contributed by atoms with Gasteiger partial charge in [0.25, 0.3) is 0 Å². The summed E-state index contributed by atoms with van der Waals surface area (Å²) in [4.78, 5) is 0. The molecule has 0 saturated carbocycles. The van der Waals surface area contributed by atoms with E-state index in [0.717, 1.165) is 6.08 Å². The zero-order valence-corrected chi connectivity index (χ0v) is 7.49. The second-order valence-corrected chi connectivity index (χ2v) is 3.65. The Morgan fingerprint density at radius 2 is 1.57 bits per heavy atom. The molecular formula is C5H5F5O3S. The van der Waals surface area contributed by atoms with Crippen LogP contribution in [-0.2, 0) is 14.3 Å². The summed E-state index contributed by atoms with van der Waals surface area (Å²) in [5, 5.41) is -5.92. The van der Waals surface area contributed by atoms with Crippen molar-refractivity contribution in [2.75, 3.05) is 0 Å². The first kappa shape index (κ1) is 13.1. The Bertz CT molecular complexity index is 315. The molecule has 0 aromatic carbocycles. The first-order chi connectivity index (χ1) is 6.06. The van der Waals surface area contributed by atoms with Crippen LogP contribution in [0, 0.1) is 0 Å². The Morgan fingerprint density at radius 1 is 1.14 bits per heavy atom. The molecule has 0 N–H and O–H groups in total. The molecule has 0 radical (unpaired) electrons. The van der Waals surface area contributed by atoms with Gasteiger partial charge in [0, 0.05) is 0 Å². The number of rotatable bonds is 3. The summed E-state index contributed by atoms with van der Waals surface area (Å²) in [5.74, 6) is 0. The minimum atomic E-state index is -6.20. The van der Waals surface area contributed by atoms with E-state index >= 15 is 0 Å². The van der Waals surface area contributed by atoms with Crippen LogP contribution in [0.4, 0.5) is 22.0 Å². The molecule has 9 heteroatoms. The van der Waals surface area contributed by atoms with Gasteiger partial charge in [0.2, 0.25) is 0 Å². The average Bonchev–Trinajstić information content (AvgIpc) is 1.98. The summed E-state index contributed by atoms with van der Waals surface area (Å²) in [7, 11) is -6.02. The Kier molecular flexibility index (Phi) is 3.49. The lowest BCUT2D eigenvalue weighted by atomic mass is 10.7. The maximum absolute atomic E-state index is 12.2. The van der Waals surface area contributed by atoms with Gasteiger partial charge in [-0.25, -0.2) is 0 Å². The van der Waals surface area contributed by atoms with E-state index in [1.807, 2.05) is 0 Å². The molecule has 0 amide bonds. The molecule has 0 fully saturated rings.